The number of ketones is 1. The maximum atomic E-state index is 12.2. The Morgan fingerprint density at radius 1 is 0.975 bits per heavy atom. The maximum Gasteiger partial charge on any atom is 0.161 e. The number of phenols is 2. The van der Waals surface area contributed by atoms with Gasteiger partial charge >= 0.3 is 0 Å². The van der Waals surface area contributed by atoms with Crippen LogP contribution in [0.3, 0.4) is 0 Å². The quantitative estimate of drug-likeness (QED) is 0.138. The standard InChI is InChI=1S/C34H40N2O4/c1-2-3-4-5-6-7-29(37)12-8-24-11-15-32(39)33(23-24)40-19-17-25-10-14-31(38)28(20-25)22-26-9-13-30-27(21-26)16-18-36-34(30)35/h6-7,9-11,13-16,18,20-21,23,34,36,38-39H,2-5,8,12,17,19,22,35H2,1H3/b7-6+/t34-/m0/s1. The van der Waals surface area contributed by atoms with Crippen molar-refractivity contribution in [2.45, 2.75) is 64.5 Å². The zero-order chi connectivity index (χ0) is 28.3. The molecule has 1 atom stereocenters. The van der Waals surface area contributed by atoms with E-state index in [1.807, 2.05) is 54.8 Å². The molecule has 0 unspecified atom stereocenters. The first-order chi connectivity index (χ1) is 19.4. The third-order valence-corrected chi connectivity index (χ3v) is 7.17. The Morgan fingerprint density at radius 2 is 1.75 bits per heavy atom. The summed E-state index contributed by atoms with van der Waals surface area (Å²) in [5.74, 6) is 0.858. The van der Waals surface area contributed by atoms with Crippen LogP contribution in [0, 0.1) is 0 Å². The van der Waals surface area contributed by atoms with Crippen LogP contribution in [0.4, 0.5) is 0 Å². The Kier molecular flexibility index (Phi) is 10.4. The lowest BCUT2D eigenvalue weighted by atomic mass is 9.95. The Balaban J connectivity index is 1.30. The van der Waals surface area contributed by atoms with Gasteiger partial charge in [-0.2, -0.15) is 0 Å². The Morgan fingerprint density at radius 3 is 2.58 bits per heavy atom. The van der Waals surface area contributed by atoms with Crippen LogP contribution in [-0.2, 0) is 24.1 Å². The summed E-state index contributed by atoms with van der Waals surface area (Å²) >= 11 is 0. The summed E-state index contributed by atoms with van der Waals surface area (Å²) in [6, 6.07) is 17.0. The van der Waals surface area contributed by atoms with Gasteiger partial charge in [0, 0.05) is 19.3 Å². The van der Waals surface area contributed by atoms with E-state index in [1.165, 1.54) is 12.8 Å². The lowest BCUT2D eigenvalue weighted by Crippen LogP contribution is -2.27. The van der Waals surface area contributed by atoms with Gasteiger partial charge < -0.3 is 26.0 Å². The number of fused-ring (bicyclic) bond motifs is 1. The first kappa shape index (κ1) is 29.0. The Labute approximate surface area is 237 Å². The van der Waals surface area contributed by atoms with Crippen molar-refractivity contribution < 1.29 is 19.7 Å². The van der Waals surface area contributed by atoms with Crippen molar-refractivity contribution in [3.63, 3.8) is 0 Å². The highest BCUT2D eigenvalue weighted by molar-refractivity contribution is 5.89. The molecular formula is C34H40N2O4. The molecule has 0 fully saturated rings. The molecule has 0 spiro atoms. The normalized spacial score (nSPS) is 14.2. The van der Waals surface area contributed by atoms with Crippen LogP contribution in [0.1, 0.15) is 78.6 Å². The van der Waals surface area contributed by atoms with E-state index in [4.69, 9.17) is 10.5 Å². The highest BCUT2D eigenvalue weighted by atomic mass is 16.5. The molecule has 210 valence electrons. The van der Waals surface area contributed by atoms with Gasteiger partial charge in [0.25, 0.3) is 0 Å². The summed E-state index contributed by atoms with van der Waals surface area (Å²) in [6.45, 7) is 2.54. The van der Waals surface area contributed by atoms with Crippen molar-refractivity contribution in [1.82, 2.24) is 5.32 Å². The number of aryl methyl sites for hydroxylation is 1. The minimum atomic E-state index is -0.212. The first-order valence-electron chi connectivity index (χ1n) is 14.2. The Bertz CT molecular complexity index is 1360. The number of carbonyl (C=O) groups is 1. The summed E-state index contributed by atoms with van der Waals surface area (Å²) < 4.78 is 5.91. The molecule has 0 radical (unpaired) electrons. The molecule has 0 aliphatic carbocycles. The summed E-state index contributed by atoms with van der Waals surface area (Å²) in [4.78, 5) is 12.2. The zero-order valence-corrected chi connectivity index (χ0v) is 23.2. The van der Waals surface area contributed by atoms with Crippen LogP contribution in [0.5, 0.6) is 17.2 Å². The van der Waals surface area contributed by atoms with Crippen LogP contribution in [0.25, 0.3) is 6.08 Å². The molecule has 4 rings (SSSR count). The number of allylic oxidation sites excluding steroid dienone is 2. The molecule has 40 heavy (non-hydrogen) atoms. The van der Waals surface area contributed by atoms with Gasteiger partial charge in [0.1, 0.15) is 11.9 Å². The van der Waals surface area contributed by atoms with E-state index in [0.29, 0.717) is 38.0 Å². The van der Waals surface area contributed by atoms with E-state index in [1.54, 1.807) is 18.2 Å². The molecule has 1 aliphatic heterocycles. The monoisotopic (exact) mass is 540 g/mol. The topological polar surface area (TPSA) is 105 Å². The highest BCUT2D eigenvalue weighted by Gasteiger charge is 2.13. The number of carbonyl (C=O) groups excluding carboxylic acids is 1. The fourth-order valence-corrected chi connectivity index (χ4v) is 4.84. The number of benzene rings is 3. The number of hydrogen-bond acceptors (Lipinski definition) is 6. The summed E-state index contributed by atoms with van der Waals surface area (Å²) in [5, 5.41) is 23.9. The number of hydrogen-bond donors (Lipinski definition) is 4. The zero-order valence-electron chi connectivity index (χ0n) is 23.2. The van der Waals surface area contributed by atoms with E-state index < -0.39 is 0 Å². The van der Waals surface area contributed by atoms with Gasteiger partial charge in [-0.15, -0.1) is 0 Å². The number of aromatic hydroxyl groups is 2. The number of unbranched alkanes of at least 4 members (excludes halogenated alkanes) is 3. The summed E-state index contributed by atoms with van der Waals surface area (Å²) in [7, 11) is 0. The third kappa shape index (κ3) is 8.23. The molecule has 0 amide bonds. The molecule has 0 saturated carbocycles. The van der Waals surface area contributed by atoms with Crippen molar-refractivity contribution in [3.05, 3.63) is 106 Å². The van der Waals surface area contributed by atoms with Gasteiger partial charge in [0.05, 0.1) is 6.61 Å². The van der Waals surface area contributed by atoms with Crippen molar-refractivity contribution in [1.29, 1.82) is 0 Å². The van der Waals surface area contributed by atoms with Gasteiger partial charge in [-0.3, -0.25) is 4.79 Å². The summed E-state index contributed by atoms with van der Waals surface area (Å²) in [5.41, 5.74) is 12.2. The predicted molar refractivity (Wildman–Crippen MR) is 160 cm³/mol. The number of nitrogens with two attached hydrogens (primary N) is 1. The van der Waals surface area contributed by atoms with E-state index in [2.05, 4.69) is 18.3 Å². The second kappa shape index (κ2) is 14.4. The number of nitrogens with one attached hydrogen (secondary N) is 1. The fourth-order valence-electron chi connectivity index (χ4n) is 4.84. The minimum Gasteiger partial charge on any atom is -0.508 e. The van der Waals surface area contributed by atoms with E-state index in [9.17, 15) is 15.0 Å². The smallest absolute Gasteiger partial charge is 0.161 e. The van der Waals surface area contributed by atoms with Gasteiger partial charge in [-0.05, 0) is 89.2 Å². The lowest BCUT2D eigenvalue weighted by Gasteiger charge is -2.20. The predicted octanol–water partition coefficient (Wildman–Crippen LogP) is 6.48. The summed E-state index contributed by atoms with van der Waals surface area (Å²) in [6.07, 6.45) is 14.0. The number of rotatable bonds is 14. The molecule has 3 aromatic rings. The van der Waals surface area contributed by atoms with Crippen LogP contribution in [0.15, 0.2) is 72.9 Å². The molecule has 0 aromatic heterocycles. The molecule has 6 heteroatoms. The van der Waals surface area contributed by atoms with Crippen molar-refractivity contribution in [2.75, 3.05) is 6.61 Å². The Hall–Kier alpha value is -4.03. The largest absolute Gasteiger partial charge is 0.508 e. The van der Waals surface area contributed by atoms with Gasteiger partial charge in [0.2, 0.25) is 0 Å². The van der Waals surface area contributed by atoms with Crippen LogP contribution in [-0.4, -0.2) is 22.6 Å². The molecule has 0 saturated heterocycles. The highest BCUT2D eigenvalue weighted by Crippen LogP contribution is 2.29. The number of phenolic OH excluding ortho intramolecular Hbond substituents is 2. The first-order valence-corrected chi connectivity index (χ1v) is 14.2. The SMILES string of the molecule is CCCCC/C=C/C(=O)CCc1ccc(O)c(OCCc2ccc(O)c(Cc3ccc4c(c3)C=CN[C@@H]4N)c2)c1. The van der Waals surface area contributed by atoms with Crippen LogP contribution >= 0.6 is 0 Å². The van der Waals surface area contributed by atoms with Gasteiger partial charge in [0.15, 0.2) is 17.3 Å². The average molecular weight is 541 g/mol. The van der Waals surface area contributed by atoms with Crippen LogP contribution in [0.2, 0.25) is 0 Å². The minimum absolute atomic E-state index is 0.0775. The van der Waals surface area contributed by atoms with E-state index >= 15 is 0 Å². The molecule has 0 bridgehead atoms. The average Bonchev–Trinajstić information content (AvgIpc) is 2.95. The van der Waals surface area contributed by atoms with Gasteiger partial charge in [-0.25, -0.2) is 0 Å². The van der Waals surface area contributed by atoms with Gasteiger partial charge in [-0.1, -0.05) is 62.2 Å². The molecule has 1 aliphatic rings. The molecular weight excluding hydrogens is 500 g/mol. The lowest BCUT2D eigenvalue weighted by molar-refractivity contribution is -0.114. The second-order valence-electron chi connectivity index (χ2n) is 10.3. The number of ether oxygens (including phenoxy) is 1. The van der Waals surface area contributed by atoms with E-state index in [-0.39, 0.29) is 23.4 Å². The fraction of sp³-hybridized carbons (Fsp3) is 0.324. The molecule has 1 heterocycles. The van der Waals surface area contributed by atoms with Crippen molar-refractivity contribution in [3.8, 4) is 17.2 Å². The maximum absolute atomic E-state index is 12.2. The molecule has 3 aromatic carbocycles. The van der Waals surface area contributed by atoms with Crippen molar-refractivity contribution >= 4 is 11.9 Å². The third-order valence-electron chi connectivity index (χ3n) is 7.17. The van der Waals surface area contributed by atoms with Crippen LogP contribution < -0.4 is 15.8 Å². The van der Waals surface area contributed by atoms with Crippen molar-refractivity contribution in [2.24, 2.45) is 5.73 Å². The molecule has 5 N–H and O–H groups in total. The molecule has 6 nitrogen and oxygen atoms in total. The second-order valence-corrected chi connectivity index (χ2v) is 10.3. The van der Waals surface area contributed by atoms with E-state index in [0.717, 1.165) is 46.2 Å².